The van der Waals surface area contributed by atoms with Crippen molar-refractivity contribution in [1.82, 2.24) is 0 Å². The van der Waals surface area contributed by atoms with Crippen LogP contribution in [0.4, 0.5) is 11.4 Å². The molecule has 158 valence electrons. The van der Waals surface area contributed by atoms with E-state index in [0.717, 1.165) is 21.3 Å². The largest absolute Gasteiger partial charge is 0.322 e. The zero-order chi connectivity index (χ0) is 22.0. The van der Waals surface area contributed by atoms with Crippen LogP contribution in [0.2, 0.25) is 0 Å². The third kappa shape index (κ3) is 4.70. The Labute approximate surface area is 195 Å². The lowest BCUT2D eigenvalue weighted by Crippen LogP contribution is -2.29. The zero-order valence-electron chi connectivity index (χ0n) is 17.3. The fraction of sp³-hybridized carbons (Fsp3) is 0.200. The molecule has 2 amide bonds. The van der Waals surface area contributed by atoms with Crippen molar-refractivity contribution < 1.29 is 9.59 Å². The minimum absolute atomic E-state index is 0.103. The smallest absolute Gasteiger partial charge is 0.255 e. The fourth-order valence-corrected chi connectivity index (χ4v) is 5.29. The first kappa shape index (κ1) is 21.7. The number of anilines is 2. The summed E-state index contributed by atoms with van der Waals surface area (Å²) in [7, 11) is 0. The van der Waals surface area contributed by atoms with Gasteiger partial charge in [-0.1, -0.05) is 66.2 Å². The molecule has 4 nitrogen and oxygen atoms in total. The quantitative estimate of drug-likeness (QED) is 0.434. The predicted octanol–water partition coefficient (Wildman–Crippen LogP) is 6.60. The van der Waals surface area contributed by atoms with Crippen molar-refractivity contribution in [1.29, 1.82) is 0 Å². The molecule has 4 rings (SSSR count). The van der Waals surface area contributed by atoms with E-state index in [1.54, 1.807) is 23.9 Å². The molecule has 0 saturated carbocycles. The number of hydrogen-bond acceptors (Lipinski definition) is 3. The molecule has 1 aliphatic rings. The summed E-state index contributed by atoms with van der Waals surface area (Å²) < 4.78 is 0.856. The first-order valence-corrected chi connectivity index (χ1v) is 12.0. The number of amides is 2. The monoisotopic (exact) mass is 494 g/mol. The second-order valence-electron chi connectivity index (χ2n) is 7.73. The summed E-state index contributed by atoms with van der Waals surface area (Å²) in [5.41, 5.74) is 4.39. The molecular formula is C25H23BrN2O2S. The minimum atomic E-state index is -0.171. The van der Waals surface area contributed by atoms with Gasteiger partial charge in [-0.25, -0.2) is 0 Å². The van der Waals surface area contributed by atoms with Crippen molar-refractivity contribution in [3.05, 3.63) is 94.0 Å². The number of carbonyl (C=O) groups is 2. The normalized spacial score (nSPS) is 16.1. The highest BCUT2D eigenvalue weighted by molar-refractivity contribution is 9.10. The van der Waals surface area contributed by atoms with Crippen molar-refractivity contribution >= 4 is 50.9 Å². The van der Waals surface area contributed by atoms with Gasteiger partial charge in [-0.15, -0.1) is 11.8 Å². The summed E-state index contributed by atoms with van der Waals surface area (Å²) in [6.45, 7) is 4.28. The van der Waals surface area contributed by atoms with Crippen LogP contribution >= 0.6 is 27.7 Å². The standard InChI is InChI=1S/C25H23BrN2O2S/c1-16(2)21-11-3-4-12-22(21)28-23(29)15-31-25(28)18-8-6-10-20(14-18)27-24(30)17-7-5-9-19(26)13-17/h3-14,16,25H,15H2,1-2H3,(H,27,30). The number of nitrogens with zero attached hydrogens (tertiary/aromatic N) is 1. The van der Waals surface area contributed by atoms with Crippen LogP contribution in [0.1, 0.15) is 46.6 Å². The number of benzene rings is 3. The fourth-order valence-electron chi connectivity index (χ4n) is 3.73. The van der Waals surface area contributed by atoms with Crippen molar-refractivity contribution in [3.8, 4) is 0 Å². The number of carbonyl (C=O) groups excluding carboxylic acids is 2. The third-order valence-electron chi connectivity index (χ3n) is 5.20. The molecule has 0 radical (unpaired) electrons. The molecule has 0 spiro atoms. The molecule has 1 saturated heterocycles. The molecule has 1 aliphatic heterocycles. The maximum absolute atomic E-state index is 12.8. The Kier molecular flexibility index (Phi) is 6.49. The van der Waals surface area contributed by atoms with E-state index < -0.39 is 0 Å². The Bertz CT molecular complexity index is 1130. The highest BCUT2D eigenvalue weighted by Gasteiger charge is 2.35. The molecule has 0 aromatic heterocycles. The van der Waals surface area contributed by atoms with Crippen LogP contribution in [-0.2, 0) is 4.79 Å². The zero-order valence-corrected chi connectivity index (χ0v) is 19.7. The lowest BCUT2D eigenvalue weighted by atomic mass is 10.00. The Morgan fingerprint density at radius 3 is 2.61 bits per heavy atom. The van der Waals surface area contributed by atoms with Crippen molar-refractivity contribution in [2.24, 2.45) is 0 Å². The van der Waals surface area contributed by atoms with Gasteiger partial charge < -0.3 is 5.32 Å². The minimum Gasteiger partial charge on any atom is -0.322 e. The molecule has 0 aliphatic carbocycles. The number of halogens is 1. The molecule has 3 aromatic rings. The molecule has 1 atom stereocenters. The predicted molar refractivity (Wildman–Crippen MR) is 132 cm³/mol. The maximum atomic E-state index is 12.8. The average molecular weight is 495 g/mol. The van der Waals surface area contributed by atoms with E-state index in [-0.39, 0.29) is 17.2 Å². The average Bonchev–Trinajstić information content (AvgIpc) is 3.15. The number of thioether (sulfide) groups is 1. The molecule has 1 unspecified atom stereocenters. The highest BCUT2D eigenvalue weighted by Crippen LogP contribution is 2.44. The molecule has 3 aromatic carbocycles. The number of nitrogens with one attached hydrogen (secondary N) is 1. The van der Waals surface area contributed by atoms with Gasteiger partial charge >= 0.3 is 0 Å². The third-order valence-corrected chi connectivity index (χ3v) is 6.91. The Morgan fingerprint density at radius 1 is 1.06 bits per heavy atom. The molecule has 0 bridgehead atoms. The van der Waals surface area contributed by atoms with Gasteiger partial charge in [0.1, 0.15) is 5.37 Å². The van der Waals surface area contributed by atoms with Crippen LogP contribution in [-0.4, -0.2) is 17.6 Å². The molecule has 6 heteroatoms. The van der Waals surface area contributed by atoms with Crippen LogP contribution in [0.25, 0.3) is 0 Å². The van der Waals surface area contributed by atoms with E-state index in [2.05, 4.69) is 41.2 Å². The van der Waals surface area contributed by atoms with Gasteiger partial charge in [0.15, 0.2) is 0 Å². The maximum Gasteiger partial charge on any atom is 0.255 e. The molecule has 1 N–H and O–H groups in total. The lowest BCUT2D eigenvalue weighted by Gasteiger charge is -2.28. The number of rotatable bonds is 5. The first-order chi connectivity index (χ1) is 14.9. The summed E-state index contributed by atoms with van der Waals surface area (Å²) >= 11 is 5.01. The van der Waals surface area contributed by atoms with Crippen LogP contribution < -0.4 is 10.2 Å². The summed E-state index contributed by atoms with van der Waals surface area (Å²) in [5.74, 6) is 0.680. The Balaban J connectivity index is 1.62. The van der Waals surface area contributed by atoms with Gasteiger partial charge in [0, 0.05) is 21.4 Å². The topological polar surface area (TPSA) is 49.4 Å². The van der Waals surface area contributed by atoms with Gasteiger partial charge in [0.25, 0.3) is 5.91 Å². The number of hydrogen-bond donors (Lipinski definition) is 1. The van der Waals surface area contributed by atoms with Gasteiger partial charge in [0.2, 0.25) is 5.91 Å². The first-order valence-electron chi connectivity index (χ1n) is 10.1. The van der Waals surface area contributed by atoms with Crippen molar-refractivity contribution in [2.75, 3.05) is 16.0 Å². The summed E-state index contributed by atoms with van der Waals surface area (Å²) in [6.07, 6.45) is 0. The van der Waals surface area contributed by atoms with Crippen LogP contribution in [0.5, 0.6) is 0 Å². The van der Waals surface area contributed by atoms with Gasteiger partial charge in [0.05, 0.1) is 5.75 Å². The van der Waals surface area contributed by atoms with Crippen molar-refractivity contribution in [3.63, 3.8) is 0 Å². The van der Waals surface area contributed by atoms with E-state index >= 15 is 0 Å². The van der Waals surface area contributed by atoms with E-state index in [9.17, 15) is 9.59 Å². The van der Waals surface area contributed by atoms with Crippen LogP contribution in [0.3, 0.4) is 0 Å². The van der Waals surface area contributed by atoms with Crippen LogP contribution in [0.15, 0.2) is 77.3 Å². The van der Waals surface area contributed by atoms with Gasteiger partial charge in [-0.3, -0.25) is 14.5 Å². The van der Waals surface area contributed by atoms with E-state index in [0.29, 0.717) is 22.9 Å². The SMILES string of the molecule is CC(C)c1ccccc1N1C(=O)CSC1c1cccc(NC(=O)c2cccc(Br)c2)c1. The summed E-state index contributed by atoms with van der Waals surface area (Å²) in [5, 5.41) is 2.84. The number of para-hydroxylation sites is 1. The lowest BCUT2D eigenvalue weighted by molar-refractivity contribution is -0.115. The highest BCUT2D eigenvalue weighted by atomic mass is 79.9. The van der Waals surface area contributed by atoms with E-state index in [1.807, 2.05) is 59.5 Å². The Morgan fingerprint density at radius 2 is 1.84 bits per heavy atom. The molecule has 31 heavy (non-hydrogen) atoms. The molecule has 1 heterocycles. The van der Waals surface area contributed by atoms with Crippen molar-refractivity contribution in [2.45, 2.75) is 25.1 Å². The van der Waals surface area contributed by atoms with E-state index in [1.165, 1.54) is 0 Å². The molecule has 1 fully saturated rings. The van der Waals surface area contributed by atoms with Gasteiger partial charge in [-0.2, -0.15) is 0 Å². The Hall–Kier alpha value is -2.57. The second-order valence-corrected chi connectivity index (χ2v) is 9.71. The summed E-state index contributed by atoms with van der Waals surface area (Å²) in [6, 6.07) is 23.1. The van der Waals surface area contributed by atoms with Gasteiger partial charge in [-0.05, 0) is 53.4 Å². The van der Waals surface area contributed by atoms with E-state index in [4.69, 9.17) is 0 Å². The summed E-state index contributed by atoms with van der Waals surface area (Å²) in [4.78, 5) is 27.4. The second kappa shape index (κ2) is 9.28. The molecular weight excluding hydrogens is 472 g/mol. The van der Waals surface area contributed by atoms with Crippen LogP contribution in [0, 0.1) is 0 Å².